The molecule has 0 N–H and O–H groups in total. The van der Waals surface area contributed by atoms with E-state index in [4.69, 9.17) is 0 Å². The molecule has 1 saturated heterocycles. The van der Waals surface area contributed by atoms with Crippen molar-refractivity contribution in [2.45, 2.75) is 12.6 Å². The number of hydrogen-bond acceptors (Lipinski definition) is 2. The average molecular weight is 202 g/mol. The fourth-order valence-electron chi connectivity index (χ4n) is 1.33. The molecular weight excluding hydrogens is 193 g/mol. The van der Waals surface area contributed by atoms with Crippen LogP contribution in [0.4, 0.5) is 18.9 Å². The third kappa shape index (κ3) is 1.66. The van der Waals surface area contributed by atoms with Gasteiger partial charge in [0.2, 0.25) is 0 Å². The Morgan fingerprint density at radius 1 is 1.21 bits per heavy atom. The number of anilines is 1. The van der Waals surface area contributed by atoms with Crippen LogP contribution in [-0.4, -0.2) is 18.1 Å². The Balaban J connectivity index is 2.26. The lowest BCUT2D eigenvalue weighted by Crippen LogP contribution is -2.37. The predicted molar refractivity (Wildman–Crippen MR) is 46.1 cm³/mol. The van der Waals surface area contributed by atoms with Crippen LogP contribution < -0.4 is 4.90 Å². The molecule has 0 saturated carbocycles. The first-order chi connectivity index (χ1) is 6.57. The van der Waals surface area contributed by atoms with E-state index in [2.05, 4.69) is 4.98 Å². The van der Waals surface area contributed by atoms with Gasteiger partial charge in [0.15, 0.2) is 0 Å². The molecule has 5 heteroatoms. The first kappa shape index (κ1) is 9.30. The molecule has 1 fully saturated rings. The molecule has 0 aliphatic carbocycles. The molecule has 0 aromatic carbocycles. The van der Waals surface area contributed by atoms with Crippen LogP contribution in [0.1, 0.15) is 12.0 Å². The van der Waals surface area contributed by atoms with Gasteiger partial charge in [-0.15, -0.1) is 0 Å². The molecule has 1 aliphatic rings. The van der Waals surface area contributed by atoms with Crippen molar-refractivity contribution < 1.29 is 13.2 Å². The summed E-state index contributed by atoms with van der Waals surface area (Å²) >= 11 is 0. The van der Waals surface area contributed by atoms with E-state index in [-0.39, 0.29) is 0 Å². The van der Waals surface area contributed by atoms with Gasteiger partial charge < -0.3 is 4.90 Å². The van der Waals surface area contributed by atoms with Crippen molar-refractivity contribution in [1.82, 2.24) is 4.98 Å². The van der Waals surface area contributed by atoms with Gasteiger partial charge in [-0.05, 0) is 12.5 Å². The Labute approximate surface area is 79.4 Å². The van der Waals surface area contributed by atoms with Crippen LogP contribution >= 0.6 is 0 Å². The number of nitrogens with zero attached hydrogens (tertiary/aromatic N) is 2. The van der Waals surface area contributed by atoms with Crippen molar-refractivity contribution in [2.75, 3.05) is 18.0 Å². The number of aromatic nitrogens is 1. The van der Waals surface area contributed by atoms with Crippen molar-refractivity contribution in [1.29, 1.82) is 0 Å². The van der Waals surface area contributed by atoms with Crippen LogP contribution in [0.15, 0.2) is 18.5 Å². The summed E-state index contributed by atoms with van der Waals surface area (Å²) in [6.45, 7) is 1.64. The maximum Gasteiger partial charge on any atom is 0.417 e. The molecule has 0 atom stereocenters. The Bertz CT molecular complexity index is 331. The Morgan fingerprint density at radius 2 is 1.93 bits per heavy atom. The van der Waals surface area contributed by atoms with E-state index in [0.717, 1.165) is 31.8 Å². The third-order valence-electron chi connectivity index (χ3n) is 2.27. The van der Waals surface area contributed by atoms with Gasteiger partial charge in [-0.2, -0.15) is 13.2 Å². The molecule has 0 unspecified atom stereocenters. The van der Waals surface area contributed by atoms with Crippen LogP contribution in [0.25, 0.3) is 0 Å². The number of alkyl halides is 3. The van der Waals surface area contributed by atoms with Crippen LogP contribution in [0.2, 0.25) is 0 Å². The topological polar surface area (TPSA) is 16.1 Å². The van der Waals surface area contributed by atoms with Crippen LogP contribution in [0, 0.1) is 0 Å². The van der Waals surface area contributed by atoms with E-state index in [1.54, 1.807) is 0 Å². The molecule has 1 aliphatic heterocycles. The van der Waals surface area contributed by atoms with Crippen molar-refractivity contribution in [3.8, 4) is 0 Å². The highest BCUT2D eigenvalue weighted by molar-refractivity contribution is 5.48. The summed E-state index contributed by atoms with van der Waals surface area (Å²) in [6.07, 6.45) is -0.943. The second kappa shape index (κ2) is 3.15. The maximum absolute atomic E-state index is 12.3. The van der Waals surface area contributed by atoms with E-state index in [9.17, 15) is 13.2 Å². The van der Waals surface area contributed by atoms with Gasteiger partial charge in [0.05, 0.1) is 17.4 Å². The normalized spacial score (nSPS) is 16.6. The minimum atomic E-state index is -4.30. The highest BCUT2D eigenvalue weighted by Crippen LogP contribution is 2.31. The molecule has 0 radical (unpaired) electrons. The zero-order chi connectivity index (χ0) is 10.2. The van der Waals surface area contributed by atoms with Gasteiger partial charge in [0.1, 0.15) is 0 Å². The van der Waals surface area contributed by atoms with Crippen molar-refractivity contribution in [3.05, 3.63) is 24.0 Å². The predicted octanol–water partition coefficient (Wildman–Crippen LogP) is 2.31. The molecule has 2 nitrogen and oxygen atoms in total. The van der Waals surface area contributed by atoms with Gasteiger partial charge in [0.25, 0.3) is 0 Å². The molecular formula is C9H9F3N2. The lowest BCUT2D eigenvalue weighted by Gasteiger charge is -2.33. The molecule has 2 heterocycles. The minimum Gasteiger partial charge on any atom is -0.370 e. The third-order valence-corrected chi connectivity index (χ3v) is 2.27. The molecule has 2 rings (SSSR count). The van der Waals surface area contributed by atoms with Crippen molar-refractivity contribution >= 4 is 5.69 Å². The fourth-order valence-corrected chi connectivity index (χ4v) is 1.33. The summed E-state index contributed by atoms with van der Waals surface area (Å²) in [6, 6.07) is 1.14. The van der Waals surface area contributed by atoms with Gasteiger partial charge in [-0.1, -0.05) is 0 Å². The Hall–Kier alpha value is -1.26. The average Bonchev–Trinajstić information content (AvgIpc) is 2.00. The van der Waals surface area contributed by atoms with Gasteiger partial charge >= 0.3 is 6.18 Å². The number of rotatable bonds is 1. The van der Waals surface area contributed by atoms with Crippen molar-refractivity contribution in [3.63, 3.8) is 0 Å². The summed E-state index contributed by atoms with van der Waals surface area (Å²) < 4.78 is 36.9. The van der Waals surface area contributed by atoms with Gasteiger partial charge in [-0.3, -0.25) is 4.98 Å². The lowest BCUT2D eigenvalue weighted by molar-refractivity contribution is -0.137. The maximum atomic E-state index is 12.3. The van der Waals surface area contributed by atoms with Crippen LogP contribution in [-0.2, 0) is 6.18 Å². The number of halogens is 3. The summed E-state index contributed by atoms with van der Waals surface area (Å²) in [5, 5.41) is 0. The SMILES string of the molecule is FC(F)(F)c1cncc(N2CCC2)c1. The molecule has 1 aromatic heterocycles. The van der Waals surface area contributed by atoms with E-state index >= 15 is 0 Å². The minimum absolute atomic E-state index is 0.561. The van der Waals surface area contributed by atoms with Crippen LogP contribution in [0.5, 0.6) is 0 Å². The smallest absolute Gasteiger partial charge is 0.370 e. The van der Waals surface area contributed by atoms with E-state index in [1.165, 1.54) is 6.20 Å². The molecule has 1 aromatic rings. The number of pyridine rings is 1. The van der Waals surface area contributed by atoms with E-state index in [1.807, 2.05) is 4.90 Å². The number of hydrogen-bond donors (Lipinski definition) is 0. The fraction of sp³-hybridized carbons (Fsp3) is 0.444. The monoisotopic (exact) mass is 202 g/mol. The zero-order valence-corrected chi connectivity index (χ0v) is 7.38. The van der Waals surface area contributed by atoms with Crippen LogP contribution in [0.3, 0.4) is 0 Å². The largest absolute Gasteiger partial charge is 0.417 e. The molecule has 0 spiro atoms. The Morgan fingerprint density at radius 3 is 2.43 bits per heavy atom. The molecule has 14 heavy (non-hydrogen) atoms. The van der Waals surface area contributed by atoms with E-state index < -0.39 is 11.7 Å². The summed E-state index contributed by atoms with van der Waals surface area (Å²) in [4.78, 5) is 5.47. The zero-order valence-electron chi connectivity index (χ0n) is 7.38. The molecule has 0 bridgehead atoms. The standard InChI is InChI=1S/C9H9F3N2/c10-9(11,12)7-4-8(6-13-5-7)14-2-1-3-14/h4-6H,1-3H2. The second-order valence-electron chi connectivity index (χ2n) is 3.27. The molecule has 0 amide bonds. The summed E-state index contributed by atoms with van der Waals surface area (Å²) in [5.74, 6) is 0. The lowest BCUT2D eigenvalue weighted by atomic mass is 10.1. The highest BCUT2D eigenvalue weighted by atomic mass is 19.4. The molecule has 76 valence electrons. The highest BCUT2D eigenvalue weighted by Gasteiger charge is 2.31. The quantitative estimate of drug-likeness (QED) is 0.694. The van der Waals surface area contributed by atoms with Crippen molar-refractivity contribution in [2.24, 2.45) is 0 Å². The van der Waals surface area contributed by atoms with E-state index in [0.29, 0.717) is 5.69 Å². The second-order valence-corrected chi connectivity index (χ2v) is 3.27. The first-order valence-corrected chi connectivity index (χ1v) is 4.34. The summed E-state index contributed by atoms with van der Waals surface area (Å²) in [7, 11) is 0. The summed E-state index contributed by atoms with van der Waals surface area (Å²) in [5.41, 5.74) is -0.118. The van der Waals surface area contributed by atoms with Gasteiger partial charge in [-0.25, -0.2) is 0 Å². The Kier molecular flexibility index (Phi) is 2.09. The van der Waals surface area contributed by atoms with Gasteiger partial charge in [0, 0.05) is 19.3 Å². The first-order valence-electron chi connectivity index (χ1n) is 4.34.